The molecule has 6 heteroatoms. The average Bonchev–Trinajstić information content (AvgIpc) is 2.54. The molecule has 0 saturated carbocycles. The largest absolute Gasteiger partial charge is 0.495 e. The second-order valence-corrected chi connectivity index (χ2v) is 7.28. The van der Waals surface area contributed by atoms with Gasteiger partial charge in [0.25, 0.3) is 5.56 Å². The summed E-state index contributed by atoms with van der Waals surface area (Å²) in [4.78, 5) is 26.6. The van der Waals surface area contributed by atoms with Gasteiger partial charge in [-0.3, -0.25) is 14.7 Å². The molecule has 128 valence electrons. The number of H-pyrrole nitrogens is 1. The molecule has 3 heterocycles. The van der Waals surface area contributed by atoms with Crippen molar-refractivity contribution in [2.75, 3.05) is 13.7 Å². The molecule has 0 spiro atoms. The summed E-state index contributed by atoms with van der Waals surface area (Å²) in [5, 5.41) is 0. The number of nitrogens with zero attached hydrogens (tertiary/aromatic N) is 3. The van der Waals surface area contributed by atoms with E-state index < -0.39 is 0 Å². The number of aromatic nitrogens is 3. The molecule has 0 aromatic carbocycles. The molecular formula is C18H24N4O2. The van der Waals surface area contributed by atoms with Crippen LogP contribution in [0.3, 0.4) is 0 Å². The van der Waals surface area contributed by atoms with Crippen molar-refractivity contribution in [2.45, 2.75) is 45.7 Å². The van der Waals surface area contributed by atoms with Crippen molar-refractivity contribution in [3.05, 3.63) is 51.5 Å². The highest BCUT2D eigenvalue weighted by molar-refractivity contribution is 5.25. The van der Waals surface area contributed by atoms with Gasteiger partial charge in [0.15, 0.2) is 0 Å². The van der Waals surface area contributed by atoms with E-state index in [2.05, 4.69) is 35.6 Å². The third kappa shape index (κ3) is 3.48. The fourth-order valence-electron chi connectivity index (χ4n) is 2.89. The molecule has 0 atom stereocenters. The van der Waals surface area contributed by atoms with Gasteiger partial charge >= 0.3 is 0 Å². The Hall–Kier alpha value is -2.21. The SMILES string of the molecule is COc1cncc(CN2CCc3nc(C(C)(C)C)[nH]c(=O)c3C2)c1. The summed E-state index contributed by atoms with van der Waals surface area (Å²) in [5.41, 5.74) is 2.62. The lowest BCUT2D eigenvalue weighted by atomic mass is 9.95. The molecule has 0 amide bonds. The minimum absolute atomic E-state index is 0.0154. The van der Waals surface area contributed by atoms with Gasteiger partial charge in [0, 0.05) is 37.7 Å². The van der Waals surface area contributed by atoms with Crippen molar-refractivity contribution >= 4 is 0 Å². The number of rotatable bonds is 3. The Morgan fingerprint density at radius 1 is 1.33 bits per heavy atom. The molecule has 1 aliphatic rings. The van der Waals surface area contributed by atoms with Crippen LogP contribution in [0, 0.1) is 0 Å². The first-order valence-electron chi connectivity index (χ1n) is 8.19. The van der Waals surface area contributed by atoms with E-state index in [4.69, 9.17) is 9.72 Å². The lowest BCUT2D eigenvalue weighted by molar-refractivity contribution is 0.240. The standard InChI is InChI=1S/C18H24N4O2/c1-18(2,3)17-20-15-5-6-22(11-14(15)16(23)21-17)10-12-7-13(24-4)9-19-8-12/h7-9H,5-6,10-11H2,1-4H3,(H,20,21,23). The van der Waals surface area contributed by atoms with E-state index in [1.54, 1.807) is 13.3 Å². The van der Waals surface area contributed by atoms with Gasteiger partial charge in [-0.25, -0.2) is 4.98 Å². The van der Waals surface area contributed by atoms with Crippen molar-refractivity contribution in [1.82, 2.24) is 19.9 Å². The van der Waals surface area contributed by atoms with Crippen LogP contribution < -0.4 is 10.3 Å². The molecule has 0 radical (unpaired) electrons. The van der Waals surface area contributed by atoms with Crippen LogP contribution >= 0.6 is 0 Å². The van der Waals surface area contributed by atoms with Crippen molar-refractivity contribution in [2.24, 2.45) is 0 Å². The summed E-state index contributed by atoms with van der Waals surface area (Å²) < 4.78 is 5.22. The lowest BCUT2D eigenvalue weighted by Gasteiger charge is -2.28. The summed E-state index contributed by atoms with van der Waals surface area (Å²) in [6, 6.07) is 1.98. The van der Waals surface area contributed by atoms with E-state index in [9.17, 15) is 4.79 Å². The molecule has 2 aromatic rings. The fraction of sp³-hybridized carbons (Fsp3) is 0.500. The normalized spacial score (nSPS) is 15.2. The Morgan fingerprint density at radius 2 is 2.12 bits per heavy atom. The van der Waals surface area contributed by atoms with Crippen LogP contribution in [0.15, 0.2) is 23.3 Å². The first kappa shape index (κ1) is 16.6. The van der Waals surface area contributed by atoms with E-state index in [1.165, 1.54) is 0 Å². The smallest absolute Gasteiger partial charge is 0.255 e. The van der Waals surface area contributed by atoms with Gasteiger partial charge in [0.1, 0.15) is 11.6 Å². The number of pyridine rings is 1. The van der Waals surface area contributed by atoms with E-state index in [0.717, 1.165) is 47.9 Å². The summed E-state index contributed by atoms with van der Waals surface area (Å²) in [7, 11) is 1.63. The minimum atomic E-state index is -0.155. The molecule has 0 bridgehead atoms. The highest BCUT2D eigenvalue weighted by atomic mass is 16.5. The first-order valence-corrected chi connectivity index (χ1v) is 8.19. The molecule has 24 heavy (non-hydrogen) atoms. The monoisotopic (exact) mass is 328 g/mol. The van der Waals surface area contributed by atoms with Crippen LogP contribution in [0.4, 0.5) is 0 Å². The predicted molar refractivity (Wildman–Crippen MR) is 92.2 cm³/mol. The molecular weight excluding hydrogens is 304 g/mol. The number of methoxy groups -OCH3 is 1. The zero-order valence-corrected chi connectivity index (χ0v) is 14.7. The highest BCUT2D eigenvalue weighted by Gasteiger charge is 2.24. The molecule has 0 fully saturated rings. The molecule has 1 N–H and O–H groups in total. The summed E-state index contributed by atoms with van der Waals surface area (Å²) in [6.45, 7) is 8.40. The number of ether oxygens (including phenoxy) is 1. The van der Waals surface area contributed by atoms with Gasteiger partial charge in [0.05, 0.1) is 24.6 Å². The maximum Gasteiger partial charge on any atom is 0.255 e. The van der Waals surface area contributed by atoms with Gasteiger partial charge < -0.3 is 9.72 Å². The molecule has 0 aliphatic carbocycles. The first-order chi connectivity index (χ1) is 11.4. The topological polar surface area (TPSA) is 71.1 Å². The molecule has 3 rings (SSSR count). The molecule has 6 nitrogen and oxygen atoms in total. The van der Waals surface area contributed by atoms with Gasteiger partial charge in [-0.2, -0.15) is 0 Å². The third-order valence-electron chi connectivity index (χ3n) is 4.27. The Kier molecular flexibility index (Phi) is 4.41. The fourth-order valence-corrected chi connectivity index (χ4v) is 2.89. The van der Waals surface area contributed by atoms with Crippen LogP contribution in [-0.2, 0) is 24.9 Å². The maximum absolute atomic E-state index is 12.5. The van der Waals surface area contributed by atoms with Crippen molar-refractivity contribution in [3.63, 3.8) is 0 Å². The second kappa shape index (κ2) is 6.36. The van der Waals surface area contributed by atoms with Gasteiger partial charge in [-0.15, -0.1) is 0 Å². The number of hydrogen-bond acceptors (Lipinski definition) is 5. The molecule has 2 aromatic heterocycles. The molecule has 0 unspecified atom stereocenters. The van der Waals surface area contributed by atoms with E-state index in [0.29, 0.717) is 6.54 Å². The number of fused-ring (bicyclic) bond motifs is 1. The van der Waals surface area contributed by atoms with Crippen molar-refractivity contribution < 1.29 is 4.74 Å². The van der Waals surface area contributed by atoms with E-state index in [1.807, 2.05) is 12.3 Å². The third-order valence-corrected chi connectivity index (χ3v) is 4.27. The van der Waals surface area contributed by atoms with Gasteiger partial charge in [0.2, 0.25) is 0 Å². The number of aromatic amines is 1. The average molecular weight is 328 g/mol. The van der Waals surface area contributed by atoms with Crippen LogP contribution in [-0.4, -0.2) is 33.5 Å². The number of nitrogens with one attached hydrogen (secondary N) is 1. The highest BCUT2D eigenvalue weighted by Crippen LogP contribution is 2.21. The Morgan fingerprint density at radius 3 is 2.83 bits per heavy atom. The zero-order chi connectivity index (χ0) is 17.3. The summed E-state index contributed by atoms with van der Waals surface area (Å²) in [6.07, 6.45) is 4.32. The Bertz CT molecular complexity index is 792. The zero-order valence-electron chi connectivity index (χ0n) is 14.7. The van der Waals surface area contributed by atoms with Crippen LogP contribution in [0.1, 0.15) is 43.4 Å². The lowest BCUT2D eigenvalue weighted by Crippen LogP contribution is -2.37. The second-order valence-electron chi connectivity index (χ2n) is 7.28. The summed E-state index contributed by atoms with van der Waals surface area (Å²) >= 11 is 0. The quantitative estimate of drug-likeness (QED) is 0.933. The molecule has 1 aliphatic heterocycles. The van der Waals surface area contributed by atoms with Gasteiger partial charge in [-0.05, 0) is 11.6 Å². The van der Waals surface area contributed by atoms with Crippen LogP contribution in [0.25, 0.3) is 0 Å². The Balaban J connectivity index is 1.80. The van der Waals surface area contributed by atoms with E-state index in [-0.39, 0.29) is 11.0 Å². The molecule has 0 saturated heterocycles. The number of hydrogen-bond donors (Lipinski definition) is 1. The Labute approximate surface area is 141 Å². The minimum Gasteiger partial charge on any atom is -0.495 e. The maximum atomic E-state index is 12.5. The summed E-state index contributed by atoms with van der Waals surface area (Å²) in [5.74, 6) is 1.51. The van der Waals surface area contributed by atoms with Crippen LogP contribution in [0.2, 0.25) is 0 Å². The predicted octanol–water partition coefficient (Wildman–Crippen LogP) is 2.03. The van der Waals surface area contributed by atoms with E-state index >= 15 is 0 Å². The van der Waals surface area contributed by atoms with Crippen molar-refractivity contribution in [1.29, 1.82) is 0 Å². The van der Waals surface area contributed by atoms with Crippen LogP contribution in [0.5, 0.6) is 5.75 Å². The van der Waals surface area contributed by atoms with Crippen molar-refractivity contribution in [3.8, 4) is 5.75 Å². The van der Waals surface area contributed by atoms with Gasteiger partial charge in [-0.1, -0.05) is 20.8 Å².